The third kappa shape index (κ3) is 7.01. The molecule has 10 heteroatoms. The van der Waals surface area contributed by atoms with E-state index in [0.717, 1.165) is 6.07 Å². The lowest BCUT2D eigenvalue weighted by Gasteiger charge is -2.30. The molecule has 0 aliphatic carbocycles. The van der Waals surface area contributed by atoms with Gasteiger partial charge >= 0.3 is 5.97 Å². The monoisotopic (exact) mass is 470 g/mol. The van der Waals surface area contributed by atoms with Crippen LogP contribution in [0.25, 0.3) is 0 Å². The first kappa shape index (κ1) is 25.8. The van der Waals surface area contributed by atoms with Gasteiger partial charge in [-0.3, -0.25) is 9.59 Å². The number of amides is 2. The number of benzene rings is 1. The van der Waals surface area contributed by atoms with Crippen LogP contribution in [0.3, 0.4) is 0 Å². The molecule has 2 rings (SSSR count). The summed E-state index contributed by atoms with van der Waals surface area (Å²) in [5, 5.41) is 2.47. The van der Waals surface area contributed by atoms with Gasteiger partial charge in [0, 0.05) is 12.6 Å². The van der Waals surface area contributed by atoms with E-state index in [0.29, 0.717) is 13.0 Å². The Kier molecular flexibility index (Phi) is 8.77. The molecule has 1 N–H and O–H groups in total. The van der Waals surface area contributed by atoms with Gasteiger partial charge in [-0.1, -0.05) is 39.8 Å². The first-order chi connectivity index (χ1) is 14.9. The Bertz CT molecular complexity index is 947. The maximum Gasteiger partial charge on any atom is 0.329 e. The van der Waals surface area contributed by atoms with Crippen LogP contribution in [0.1, 0.15) is 44.5 Å². The Morgan fingerprint density at radius 2 is 1.84 bits per heavy atom. The van der Waals surface area contributed by atoms with Gasteiger partial charge in [0.1, 0.15) is 11.9 Å². The van der Waals surface area contributed by atoms with Crippen molar-refractivity contribution in [1.29, 1.82) is 0 Å². The second-order valence-corrected chi connectivity index (χ2v) is 11.0. The fourth-order valence-corrected chi connectivity index (χ4v) is 5.27. The number of ether oxygens (including phenoxy) is 1. The third-order valence-corrected chi connectivity index (χ3v) is 6.95. The van der Waals surface area contributed by atoms with Crippen molar-refractivity contribution >= 4 is 27.6 Å². The minimum atomic E-state index is -3.19. The molecule has 1 aliphatic rings. The van der Waals surface area contributed by atoms with E-state index in [9.17, 15) is 27.2 Å². The van der Waals surface area contributed by atoms with Crippen molar-refractivity contribution in [2.24, 2.45) is 11.8 Å². The van der Waals surface area contributed by atoms with Crippen LogP contribution in [-0.4, -0.2) is 67.8 Å². The summed E-state index contributed by atoms with van der Waals surface area (Å²) in [4.78, 5) is 39.3. The number of rotatable bonds is 9. The summed E-state index contributed by atoms with van der Waals surface area (Å²) in [6.07, 6.45) is 0.349. The van der Waals surface area contributed by atoms with E-state index in [2.05, 4.69) is 5.32 Å². The van der Waals surface area contributed by atoms with Gasteiger partial charge in [0.15, 0.2) is 16.4 Å². The highest BCUT2D eigenvalue weighted by Gasteiger charge is 2.35. The largest absolute Gasteiger partial charge is 0.454 e. The molecular weight excluding hydrogens is 439 g/mol. The van der Waals surface area contributed by atoms with Crippen molar-refractivity contribution in [3.05, 3.63) is 35.6 Å². The molecule has 1 saturated heterocycles. The second-order valence-electron chi connectivity index (χ2n) is 8.78. The van der Waals surface area contributed by atoms with Crippen LogP contribution in [0.2, 0.25) is 0 Å². The quantitative estimate of drug-likeness (QED) is 0.551. The zero-order valence-electron chi connectivity index (χ0n) is 18.8. The molecule has 1 aromatic carbocycles. The summed E-state index contributed by atoms with van der Waals surface area (Å²) >= 11 is 0. The smallest absolute Gasteiger partial charge is 0.329 e. The highest BCUT2D eigenvalue weighted by Crippen LogP contribution is 2.19. The molecule has 1 aromatic rings. The summed E-state index contributed by atoms with van der Waals surface area (Å²) < 4.78 is 42.7. The average Bonchev–Trinajstić information content (AvgIpc) is 3.07. The summed E-state index contributed by atoms with van der Waals surface area (Å²) in [5.41, 5.74) is -0.201. The zero-order valence-corrected chi connectivity index (χ0v) is 19.7. The van der Waals surface area contributed by atoms with E-state index in [1.54, 1.807) is 13.8 Å². The van der Waals surface area contributed by atoms with Gasteiger partial charge in [-0.15, -0.1) is 0 Å². The lowest BCUT2D eigenvalue weighted by Crippen LogP contribution is -2.48. The molecule has 0 bridgehead atoms. The number of carbonyl (C=O) groups excluding carboxylic acids is 3. The minimum Gasteiger partial charge on any atom is -0.454 e. The average molecular weight is 471 g/mol. The van der Waals surface area contributed by atoms with Gasteiger partial charge in [-0.05, 0) is 30.4 Å². The molecule has 1 heterocycles. The number of nitrogens with one attached hydrogen (secondary N) is 1. The summed E-state index contributed by atoms with van der Waals surface area (Å²) in [6, 6.07) is 3.87. The van der Waals surface area contributed by atoms with Gasteiger partial charge in [0.05, 0.1) is 17.1 Å². The van der Waals surface area contributed by atoms with E-state index >= 15 is 0 Å². The van der Waals surface area contributed by atoms with Crippen molar-refractivity contribution in [2.75, 3.05) is 24.7 Å². The van der Waals surface area contributed by atoms with Gasteiger partial charge in [-0.2, -0.15) is 0 Å². The fourth-order valence-electron chi connectivity index (χ4n) is 3.54. The van der Waals surface area contributed by atoms with Gasteiger partial charge in [0.2, 0.25) is 0 Å². The molecular formula is C22H31FN2O6S. The van der Waals surface area contributed by atoms with Gasteiger partial charge in [0.25, 0.3) is 11.8 Å². The van der Waals surface area contributed by atoms with Gasteiger partial charge in [-0.25, -0.2) is 17.6 Å². The van der Waals surface area contributed by atoms with Crippen molar-refractivity contribution < 1.29 is 31.9 Å². The van der Waals surface area contributed by atoms with Gasteiger partial charge < -0.3 is 15.0 Å². The standard InChI is InChI=1S/C22H31FN2O6S/c1-14(2)11-25(16-9-10-32(29,30)13-16)19(26)12-31-22(28)20(15(3)4)24-21(27)17-7-5-6-8-18(17)23/h5-8,14-16,20H,9-13H2,1-4H3,(H,24,27). The molecule has 2 amide bonds. The maximum atomic E-state index is 13.9. The summed E-state index contributed by atoms with van der Waals surface area (Å²) in [5.74, 6) is -3.14. The van der Waals surface area contributed by atoms with Crippen LogP contribution >= 0.6 is 0 Å². The molecule has 1 aliphatic heterocycles. The Labute approximate surface area is 188 Å². The highest BCUT2D eigenvalue weighted by molar-refractivity contribution is 7.91. The van der Waals surface area contributed by atoms with E-state index in [1.165, 1.54) is 23.1 Å². The summed E-state index contributed by atoms with van der Waals surface area (Å²) in [7, 11) is -3.19. The third-order valence-electron chi connectivity index (χ3n) is 5.19. The van der Waals surface area contributed by atoms with E-state index in [4.69, 9.17) is 4.74 Å². The van der Waals surface area contributed by atoms with Crippen LogP contribution in [0, 0.1) is 17.7 Å². The Morgan fingerprint density at radius 1 is 1.19 bits per heavy atom. The van der Waals surface area contributed by atoms with Crippen molar-refractivity contribution in [3.8, 4) is 0 Å². The topological polar surface area (TPSA) is 110 Å². The number of carbonyl (C=O) groups is 3. The van der Waals surface area contributed by atoms with Crippen molar-refractivity contribution in [3.63, 3.8) is 0 Å². The van der Waals surface area contributed by atoms with Crippen molar-refractivity contribution in [2.45, 2.75) is 46.2 Å². The zero-order chi connectivity index (χ0) is 24.1. The number of sulfone groups is 1. The normalized spacial score (nSPS) is 18.4. The molecule has 8 nitrogen and oxygen atoms in total. The summed E-state index contributed by atoms with van der Waals surface area (Å²) in [6.45, 7) is 6.95. The Hall–Kier alpha value is -2.49. The fraction of sp³-hybridized carbons (Fsp3) is 0.591. The minimum absolute atomic E-state index is 0.0246. The number of esters is 1. The SMILES string of the molecule is CC(C)CN(C(=O)COC(=O)C(NC(=O)c1ccccc1F)C(C)C)C1CCS(=O)(=O)C1. The van der Waals surface area contributed by atoms with E-state index in [1.807, 2.05) is 13.8 Å². The lowest BCUT2D eigenvalue weighted by atomic mass is 10.0. The molecule has 0 radical (unpaired) electrons. The molecule has 178 valence electrons. The van der Waals surface area contributed by atoms with Crippen LogP contribution in [-0.2, 0) is 24.2 Å². The second kappa shape index (κ2) is 10.9. The lowest BCUT2D eigenvalue weighted by molar-refractivity contribution is -0.155. The number of halogens is 1. The number of nitrogens with zero attached hydrogens (tertiary/aromatic N) is 1. The first-order valence-electron chi connectivity index (χ1n) is 10.6. The molecule has 2 atom stereocenters. The molecule has 32 heavy (non-hydrogen) atoms. The highest BCUT2D eigenvalue weighted by atomic mass is 32.2. The maximum absolute atomic E-state index is 13.9. The predicted octanol–water partition coefficient (Wildman–Crippen LogP) is 1.79. The van der Waals surface area contributed by atoms with Crippen molar-refractivity contribution in [1.82, 2.24) is 10.2 Å². The molecule has 2 unspecified atom stereocenters. The molecule has 0 aromatic heterocycles. The van der Waals surface area contributed by atoms with Crippen LogP contribution < -0.4 is 5.32 Å². The Balaban J connectivity index is 2.03. The molecule has 0 saturated carbocycles. The predicted molar refractivity (Wildman–Crippen MR) is 117 cm³/mol. The molecule has 0 spiro atoms. The Morgan fingerprint density at radius 3 is 2.38 bits per heavy atom. The van der Waals surface area contributed by atoms with E-state index < -0.39 is 52.1 Å². The van der Waals surface area contributed by atoms with Crippen LogP contribution in [0.4, 0.5) is 4.39 Å². The first-order valence-corrected chi connectivity index (χ1v) is 12.4. The number of hydrogen-bond donors (Lipinski definition) is 1. The van der Waals surface area contributed by atoms with Crippen LogP contribution in [0.15, 0.2) is 24.3 Å². The van der Waals surface area contributed by atoms with E-state index in [-0.39, 0.29) is 28.9 Å². The number of hydrogen-bond acceptors (Lipinski definition) is 6. The molecule has 1 fully saturated rings. The van der Waals surface area contributed by atoms with Crippen LogP contribution in [0.5, 0.6) is 0 Å².